The van der Waals surface area contributed by atoms with Crippen LogP contribution in [0.2, 0.25) is 35.7 Å². The Morgan fingerprint density at radius 2 is 1.77 bits per heavy atom. The fourth-order valence-corrected chi connectivity index (χ4v) is 4.09. The number of methoxy groups -OCH3 is 2. The van der Waals surface area contributed by atoms with E-state index in [2.05, 4.69) is 30.1 Å². The number of hydrogen-bond acceptors (Lipinski definition) is 6. The molecule has 2 aromatic rings. The lowest BCUT2D eigenvalue weighted by atomic mass is 10.2. The number of aryl methyl sites for hydroxylation is 1. The molecule has 2 amide bonds. The summed E-state index contributed by atoms with van der Waals surface area (Å²) in [6.45, 7) is 9.15. The number of ether oxygens (including phenoxy) is 3. The van der Waals surface area contributed by atoms with Gasteiger partial charge in [0.05, 0.1) is 32.1 Å². The molecule has 0 aliphatic heterocycles. The summed E-state index contributed by atoms with van der Waals surface area (Å²) >= 11 is 13.0. The zero-order valence-electron chi connectivity index (χ0n) is 18.7. The summed E-state index contributed by atoms with van der Waals surface area (Å²) < 4.78 is 21.6. The SMILES string of the molecule is COc1cc(OC)c(Cl)c(N(COCC[Si](C)(C)C)C(=O)NCc2cc(C)no2)c1Cl. The van der Waals surface area contributed by atoms with E-state index in [1.165, 1.54) is 19.1 Å². The molecule has 0 atom stereocenters. The molecule has 0 unspecified atom stereocenters. The third kappa shape index (κ3) is 7.03. The maximum atomic E-state index is 13.1. The quantitative estimate of drug-likeness (QED) is 0.275. The third-order valence-corrected chi connectivity index (χ3v) is 6.81. The van der Waals surface area contributed by atoms with Gasteiger partial charge in [-0.05, 0) is 13.0 Å². The first-order valence-electron chi connectivity index (χ1n) is 9.72. The predicted octanol–water partition coefficient (Wildman–Crippen LogP) is 5.34. The van der Waals surface area contributed by atoms with Crippen LogP contribution < -0.4 is 19.7 Å². The van der Waals surface area contributed by atoms with Crippen molar-refractivity contribution in [1.29, 1.82) is 0 Å². The average molecular weight is 490 g/mol. The molecule has 172 valence electrons. The van der Waals surface area contributed by atoms with E-state index in [4.69, 9.17) is 41.9 Å². The highest BCUT2D eigenvalue weighted by Crippen LogP contribution is 2.46. The Morgan fingerprint density at radius 3 is 2.26 bits per heavy atom. The van der Waals surface area contributed by atoms with Crippen molar-refractivity contribution in [3.05, 3.63) is 33.6 Å². The molecule has 0 saturated heterocycles. The molecule has 1 N–H and O–H groups in total. The molecule has 2 rings (SSSR count). The van der Waals surface area contributed by atoms with Gasteiger partial charge in [-0.3, -0.25) is 4.90 Å². The van der Waals surface area contributed by atoms with Crippen molar-refractivity contribution in [1.82, 2.24) is 10.5 Å². The lowest BCUT2D eigenvalue weighted by Crippen LogP contribution is -2.41. The van der Waals surface area contributed by atoms with E-state index >= 15 is 0 Å². The molecular weight excluding hydrogens is 461 g/mol. The molecule has 0 spiro atoms. The standard InChI is InChI=1S/C20H29Cl2N3O5Si/c1-13-9-14(30-24-13)11-23-20(26)25(12-29-7-8-31(4,5)6)19-17(21)15(27-2)10-16(28-3)18(19)22/h9-10H,7-8,11-12H2,1-6H3,(H,23,26). The van der Waals surface area contributed by atoms with Crippen molar-refractivity contribution in [2.45, 2.75) is 39.2 Å². The Kier molecular flexibility index (Phi) is 9.05. The number of nitrogens with zero attached hydrogens (tertiary/aromatic N) is 2. The van der Waals surface area contributed by atoms with Gasteiger partial charge in [0.1, 0.15) is 28.3 Å². The number of nitrogens with one attached hydrogen (secondary N) is 1. The second-order valence-electron chi connectivity index (χ2n) is 8.13. The van der Waals surface area contributed by atoms with E-state index in [0.29, 0.717) is 23.9 Å². The predicted molar refractivity (Wildman–Crippen MR) is 124 cm³/mol. The van der Waals surface area contributed by atoms with Gasteiger partial charge in [-0.2, -0.15) is 0 Å². The number of amides is 2. The monoisotopic (exact) mass is 489 g/mol. The lowest BCUT2D eigenvalue weighted by Gasteiger charge is -2.27. The fraction of sp³-hybridized carbons (Fsp3) is 0.500. The van der Waals surface area contributed by atoms with Crippen LogP contribution in [0, 0.1) is 6.92 Å². The first-order valence-corrected chi connectivity index (χ1v) is 14.2. The number of halogens is 2. The minimum absolute atomic E-state index is 0.0541. The molecule has 1 aromatic heterocycles. The molecule has 0 aliphatic carbocycles. The first kappa shape index (κ1) is 25.3. The number of carbonyl (C=O) groups excluding carboxylic acids is 1. The second kappa shape index (κ2) is 11.1. The highest BCUT2D eigenvalue weighted by atomic mass is 35.5. The topological polar surface area (TPSA) is 86.1 Å². The summed E-state index contributed by atoms with van der Waals surface area (Å²) in [5, 5.41) is 6.95. The Hall–Kier alpha value is -1.94. The van der Waals surface area contributed by atoms with Crippen molar-refractivity contribution >= 4 is 43.0 Å². The summed E-state index contributed by atoms with van der Waals surface area (Å²) in [5.41, 5.74) is 0.957. The largest absolute Gasteiger partial charge is 0.495 e. The molecule has 31 heavy (non-hydrogen) atoms. The third-order valence-electron chi connectivity index (χ3n) is 4.37. The molecule has 1 aromatic carbocycles. The second-order valence-corrected chi connectivity index (χ2v) is 14.5. The number of anilines is 1. The highest BCUT2D eigenvalue weighted by molar-refractivity contribution is 6.76. The normalized spacial score (nSPS) is 11.4. The van der Waals surface area contributed by atoms with E-state index < -0.39 is 14.1 Å². The highest BCUT2D eigenvalue weighted by Gasteiger charge is 2.27. The van der Waals surface area contributed by atoms with E-state index in [9.17, 15) is 4.79 Å². The van der Waals surface area contributed by atoms with Gasteiger partial charge in [-0.1, -0.05) is 48.0 Å². The molecule has 0 bridgehead atoms. The summed E-state index contributed by atoms with van der Waals surface area (Å²) in [6, 6.07) is 3.78. The summed E-state index contributed by atoms with van der Waals surface area (Å²) in [6.07, 6.45) is 0. The maximum Gasteiger partial charge on any atom is 0.324 e. The van der Waals surface area contributed by atoms with Crippen LogP contribution in [0.4, 0.5) is 10.5 Å². The van der Waals surface area contributed by atoms with Crippen LogP contribution in [0.25, 0.3) is 0 Å². The number of benzene rings is 1. The molecule has 0 saturated carbocycles. The van der Waals surface area contributed by atoms with Crippen molar-refractivity contribution in [3.8, 4) is 11.5 Å². The van der Waals surface area contributed by atoms with Gasteiger partial charge >= 0.3 is 6.03 Å². The molecule has 1 heterocycles. The minimum Gasteiger partial charge on any atom is -0.495 e. The number of hydrogen-bond donors (Lipinski definition) is 1. The van der Waals surface area contributed by atoms with Gasteiger partial charge in [0, 0.05) is 26.8 Å². The Bertz CT molecular complexity index is 873. The van der Waals surface area contributed by atoms with Crippen LogP contribution in [-0.4, -0.2) is 46.8 Å². The van der Waals surface area contributed by atoms with E-state index in [1.807, 2.05) is 0 Å². The van der Waals surface area contributed by atoms with Gasteiger partial charge in [-0.15, -0.1) is 0 Å². The molecule has 8 nitrogen and oxygen atoms in total. The Labute approximate surface area is 193 Å². The Morgan fingerprint density at radius 1 is 1.16 bits per heavy atom. The van der Waals surface area contributed by atoms with Crippen LogP contribution in [0.3, 0.4) is 0 Å². The van der Waals surface area contributed by atoms with Crippen molar-refractivity contribution in [2.75, 3.05) is 32.5 Å². The first-order chi connectivity index (χ1) is 14.6. The zero-order chi connectivity index (χ0) is 23.2. The molecule has 0 aliphatic rings. The van der Waals surface area contributed by atoms with E-state index in [0.717, 1.165) is 11.7 Å². The number of aromatic nitrogens is 1. The van der Waals surface area contributed by atoms with Gasteiger partial charge < -0.3 is 24.1 Å². The van der Waals surface area contributed by atoms with Crippen LogP contribution >= 0.6 is 23.2 Å². The maximum absolute atomic E-state index is 13.1. The van der Waals surface area contributed by atoms with Crippen LogP contribution in [0.5, 0.6) is 11.5 Å². The number of rotatable bonds is 10. The van der Waals surface area contributed by atoms with E-state index in [-0.39, 0.29) is 29.0 Å². The molecule has 0 fully saturated rings. The summed E-state index contributed by atoms with van der Waals surface area (Å²) in [7, 11) is 1.64. The van der Waals surface area contributed by atoms with Crippen LogP contribution in [0.1, 0.15) is 11.5 Å². The minimum atomic E-state index is -1.30. The fourth-order valence-electron chi connectivity index (χ4n) is 2.63. The van der Waals surface area contributed by atoms with Crippen LogP contribution in [-0.2, 0) is 11.3 Å². The smallest absolute Gasteiger partial charge is 0.324 e. The van der Waals surface area contributed by atoms with Gasteiger partial charge in [-0.25, -0.2) is 4.79 Å². The molecular formula is C20H29Cl2N3O5Si. The van der Waals surface area contributed by atoms with Crippen molar-refractivity contribution in [3.63, 3.8) is 0 Å². The number of urea groups is 1. The summed E-state index contributed by atoms with van der Waals surface area (Å²) in [5.74, 6) is 1.17. The van der Waals surface area contributed by atoms with Crippen molar-refractivity contribution in [2.24, 2.45) is 0 Å². The van der Waals surface area contributed by atoms with Gasteiger partial charge in [0.2, 0.25) is 0 Å². The van der Waals surface area contributed by atoms with Gasteiger partial charge in [0.25, 0.3) is 0 Å². The molecule has 11 heteroatoms. The average Bonchev–Trinajstić information content (AvgIpc) is 3.12. The van der Waals surface area contributed by atoms with Crippen molar-refractivity contribution < 1.29 is 23.5 Å². The zero-order valence-corrected chi connectivity index (χ0v) is 21.2. The van der Waals surface area contributed by atoms with E-state index in [1.54, 1.807) is 19.1 Å². The van der Waals surface area contributed by atoms with Gasteiger partial charge in [0.15, 0.2) is 5.76 Å². The summed E-state index contributed by atoms with van der Waals surface area (Å²) in [4.78, 5) is 14.4. The Balaban J connectivity index is 2.31. The number of carbonyl (C=O) groups is 1. The van der Waals surface area contributed by atoms with Crippen LogP contribution in [0.15, 0.2) is 16.7 Å². The molecule has 0 radical (unpaired) electrons. The lowest BCUT2D eigenvalue weighted by molar-refractivity contribution is 0.147.